The summed E-state index contributed by atoms with van der Waals surface area (Å²) in [5.41, 5.74) is 5.57. The Morgan fingerprint density at radius 3 is 2.65 bits per heavy atom. The van der Waals surface area contributed by atoms with Crippen molar-refractivity contribution >= 4 is 17.4 Å². The third-order valence-corrected chi connectivity index (χ3v) is 2.70. The van der Waals surface area contributed by atoms with Crippen molar-refractivity contribution in [3.05, 3.63) is 23.1 Å². The van der Waals surface area contributed by atoms with Crippen LogP contribution in [0.5, 0.6) is 11.5 Å². The number of hydrogen-bond acceptors (Lipinski definition) is 4. The molecule has 0 bridgehead atoms. The first-order valence-corrected chi connectivity index (χ1v) is 4.99. The number of anilines is 1. The molecule has 2 rings (SSSR count). The molecule has 1 aromatic heterocycles. The van der Waals surface area contributed by atoms with Crippen LogP contribution in [-0.2, 0) is 7.05 Å². The lowest BCUT2D eigenvalue weighted by molar-refractivity contribution is 0.402. The molecule has 0 atom stereocenters. The first-order valence-electron chi connectivity index (χ1n) is 4.61. The molecule has 0 aliphatic heterocycles. The number of rotatable bonds is 1. The third kappa shape index (κ3) is 1.66. The van der Waals surface area contributed by atoms with Crippen molar-refractivity contribution in [1.29, 1.82) is 0 Å². The molecule has 0 saturated carbocycles. The number of aromatic nitrogens is 2. The number of phenols is 2. The summed E-state index contributed by atoms with van der Waals surface area (Å²) in [4.78, 5) is 0. The Bertz CT molecular complexity index is 571. The summed E-state index contributed by atoms with van der Waals surface area (Å²) in [5, 5.41) is 22.6. The van der Waals surface area contributed by atoms with Gasteiger partial charge in [0.05, 0.1) is 22.3 Å². The summed E-state index contributed by atoms with van der Waals surface area (Å²) in [5.74, 6) is -1.84. The zero-order valence-electron chi connectivity index (χ0n) is 8.78. The number of nitrogens with zero attached hydrogens (tertiary/aromatic N) is 2. The van der Waals surface area contributed by atoms with Crippen molar-refractivity contribution in [2.24, 2.45) is 7.05 Å². The van der Waals surface area contributed by atoms with E-state index in [0.717, 1.165) is 6.07 Å². The quantitative estimate of drug-likeness (QED) is 0.681. The highest BCUT2D eigenvalue weighted by atomic mass is 35.5. The van der Waals surface area contributed by atoms with Crippen molar-refractivity contribution in [3.8, 4) is 22.6 Å². The van der Waals surface area contributed by atoms with E-state index in [1.807, 2.05) is 0 Å². The second-order valence-electron chi connectivity index (χ2n) is 3.48. The van der Waals surface area contributed by atoms with Gasteiger partial charge in [-0.05, 0) is 0 Å². The van der Waals surface area contributed by atoms with Crippen LogP contribution in [-0.4, -0.2) is 20.0 Å². The zero-order valence-corrected chi connectivity index (χ0v) is 9.53. The summed E-state index contributed by atoms with van der Waals surface area (Å²) in [6.07, 6.45) is 1.28. The Morgan fingerprint density at radius 1 is 1.47 bits per heavy atom. The fourth-order valence-electron chi connectivity index (χ4n) is 1.49. The summed E-state index contributed by atoms with van der Waals surface area (Å²) in [6.45, 7) is 0. The molecule has 2 aromatic rings. The van der Waals surface area contributed by atoms with Crippen molar-refractivity contribution in [3.63, 3.8) is 0 Å². The molecular weight excluding hydrogens is 249 g/mol. The average molecular weight is 258 g/mol. The third-order valence-electron chi connectivity index (χ3n) is 2.43. The molecule has 0 fully saturated rings. The summed E-state index contributed by atoms with van der Waals surface area (Å²) < 4.78 is 15.1. The minimum atomic E-state index is -0.860. The Balaban J connectivity index is 2.79. The van der Waals surface area contributed by atoms with E-state index < -0.39 is 17.3 Å². The van der Waals surface area contributed by atoms with E-state index in [4.69, 9.17) is 17.3 Å². The molecule has 7 heteroatoms. The number of aryl methyl sites for hydroxylation is 1. The van der Waals surface area contributed by atoms with Gasteiger partial charge < -0.3 is 15.9 Å². The van der Waals surface area contributed by atoms with Crippen LogP contribution in [0.1, 0.15) is 0 Å². The molecule has 17 heavy (non-hydrogen) atoms. The van der Waals surface area contributed by atoms with Crippen molar-refractivity contribution in [1.82, 2.24) is 9.78 Å². The molecule has 5 nitrogen and oxygen atoms in total. The largest absolute Gasteiger partial charge is 0.504 e. The van der Waals surface area contributed by atoms with E-state index in [2.05, 4.69) is 5.10 Å². The Morgan fingerprint density at radius 2 is 2.12 bits per heavy atom. The molecule has 0 amide bonds. The maximum absolute atomic E-state index is 13.8. The Hall–Kier alpha value is -1.95. The van der Waals surface area contributed by atoms with Gasteiger partial charge in [-0.25, -0.2) is 4.39 Å². The van der Waals surface area contributed by atoms with Crippen LogP contribution in [0.4, 0.5) is 10.2 Å². The normalized spacial score (nSPS) is 10.8. The molecule has 0 radical (unpaired) electrons. The number of hydrogen-bond donors (Lipinski definition) is 3. The predicted molar refractivity (Wildman–Crippen MR) is 61.4 cm³/mol. The van der Waals surface area contributed by atoms with Crippen LogP contribution in [0, 0.1) is 5.82 Å². The molecular formula is C10H9ClFN3O2. The lowest BCUT2D eigenvalue weighted by Gasteiger charge is -2.08. The van der Waals surface area contributed by atoms with Gasteiger partial charge in [0.1, 0.15) is 5.82 Å². The Labute approximate surface area is 101 Å². The van der Waals surface area contributed by atoms with Gasteiger partial charge in [0.25, 0.3) is 0 Å². The van der Waals surface area contributed by atoms with Gasteiger partial charge in [-0.3, -0.25) is 4.68 Å². The first-order chi connectivity index (χ1) is 7.93. The van der Waals surface area contributed by atoms with Crippen LogP contribution in [0.2, 0.25) is 5.02 Å². The molecule has 0 saturated heterocycles. The number of phenolic OH excluding ortho intramolecular Hbond substituents is 2. The lowest BCUT2D eigenvalue weighted by Crippen LogP contribution is -1.99. The topological polar surface area (TPSA) is 84.3 Å². The standard InChI is InChI=1S/C10H9ClFN3O2/c1-15-10(13)4(3-14-15)7-8(12)5(11)2-6(16)9(7)17/h2-3,16-17H,13H2,1H3. The summed E-state index contributed by atoms with van der Waals surface area (Å²) in [7, 11) is 1.57. The second-order valence-corrected chi connectivity index (χ2v) is 3.89. The number of nitrogens with two attached hydrogens (primary N) is 1. The Kier molecular flexibility index (Phi) is 2.59. The van der Waals surface area contributed by atoms with Gasteiger partial charge >= 0.3 is 0 Å². The fourth-order valence-corrected chi connectivity index (χ4v) is 1.69. The maximum atomic E-state index is 13.8. The molecule has 90 valence electrons. The van der Waals surface area contributed by atoms with Gasteiger partial charge in [-0.1, -0.05) is 11.6 Å². The zero-order chi connectivity index (χ0) is 12.7. The maximum Gasteiger partial charge on any atom is 0.168 e. The first kappa shape index (κ1) is 11.5. The molecule has 0 aliphatic carbocycles. The highest BCUT2D eigenvalue weighted by Gasteiger charge is 2.21. The lowest BCUT2D eigenvalue weighted by atomic mass is 10.1. The van der Waals surface area contributed by atoms with Gasteiger partial charge in [-0.15, -0.1) is 0 Å². The molecule has 0 aliphatic rings. The van der Waals surface area contributed by atoms with Gasteiger partial charge in [0.15, 0.2) is 17.3 Å². The molecule has 0 spiro atoms. The number of aromatic hydroxyl groups is 2. The minimum Gasteiger partial charge on any atom is -0.504 e. The second kappa shape index (κ2) is 3.81. The van der Waals surface area contributed by atoms with Crippen LogP contribution >= 0.6 is 11.6 Å². The van der Waals surface area contributed by atoms with Crippen LogP contribution in [0.15, 0.2) is 12.3 Å². The molecule has 1 aromatic carbocycles. The van der Waals surface area contributed by atoms with Crippen molar-refractivity contribution in [2.45, 2.75) is 0 Å². The van der Waals surface area contributed by atoms with Crippen molar-refractivity contribution in [2.75, 3.05) is 5.73 Å². The smallest absolute Gasteiger partial charge is 0.168 e. The van der Waals surface area contributed by atoms with Crippen LogP contribution in [0.25, 0.3) is 11.1 Å². The number of benzene rings is 1. The number of halogens is 2. The van der Waals surface area contributed by atoms with E-state index in [0.29, 0.717) is 0 Å². The molecule has 0 unspecified atom stereocenters. The summed E-state index contributed by atoms with van der Waals surface area (Å²) >= 11 is 5.59. The van der Waals surface area contributed by atoms with E-state index in [9.17, 15) is 14.6 Å². The minimum absolute atomic E-state index is 0.154. The van der Waals surface area contributed by atoms with Crippen LogP contribution in [0.3, 0.4) is 0 Å². The monoisotopic (exact) mass is 257 g/mol. The van der Waals surface area contributed by atoms with E-state index >= 15 is 0 Å². The predicted octanol–water partition coefficient (Wildman–Crippen LogP) is 1.87. The van der Waals surface area contributed by atoms with Gasteiger partial charge in [0.2, 0.25) is 0 Å². The summed E-state index contributed by atoms with van der Waals surface area (Å²) in [6, 6.07) is 0.919. The van der Waals surface area contributed by atoms with Gasteiger partial charge in [-0.2, -0.15) is 5.10 Å². The van der Waals surface area contributed by atoms with Gasteiger partial charge in [0, 0.05) is 13.1 Å². The molecule has 4 N–H and O–H groups in total. The molecule has 1 heterocycles. The van der Waals surface area contributed by atoms with E-state index in [1.54, 1.807) is 7.05 Å². The van der Waals surface area contributed by atoms with Crippen molar-refractivity contribution < 1.29 is 14.6 Å². The average Bonchev–Trinajstić information content (AvgIpc) is 2.59. The highest BCUT2D eigenvalue weighted by molar-refractivity contribution is 6.31. The van der Waals surface area contributed by atoms with E-state index in [-0.39, 0.29) is 22.0 Å². The fraction of sp³-hybridized carbons (Fsp3) is 0.100. The van der Waals surface area contributed by atoms with Crippen LogP contribution < -0.4 is 5.73 Å². The van der Waals surface area contributed by atoms with E-state index in [1.165, 1.54) is 10.9 Å². The SMILES string of the molecule is Cn1ncc(-c2c(O)c(O)cc(Cl)c2F)c1N. The number of nitrogen functional groups attached to an aromatic ring is 1. The highest BCUT2D eigenvalue weighted by Crippen LogP contribution is 2.43.